The zero-order chi connectivity index (χ0) is 24.1. The lowest BCUT2D eigenvalue weighted by molar-refractivity contribution is -0.955. The fourth-order valence-electron chi connectivity index (χ4n) is 3.00. The van der Waals surface area contributed by atoms with Gasteiger partial charge < -0.3 is 14.3 Å². The van der Waals surface area contributed by atoms with Crippen LogP contribution >= 0.6 is 0 Å². The van der Waals surface area contributed by atoms with Crippen molar-refractivity contribution in [1.82, 2.24) is 5.32 Å². The Morgan fingerprint density at radius 1 is 1.06 bits per heavy atom. The maximum atomic E-state index is 12.1. The van der Waals surface area contributed by atoms with Gasteiger partial charge in [0.2, 0.25) is 5.91 Å². The van der Waals surface area contributed by atoms with Crippen LogP contribution < -0.4 is 5.32 Å². The van der Waals surface area contributed by atoms with Crippen LogP contribution in [0.5, 0.6) is 0 Å². The van der Waals surface area contributed by atoms with E-state index in [9.17, 15) is 17.4 Å². The Morgan fingerprint density at radius 2 is 1.68 bits per heavy atom. The number of hydrogen-bond donors (Lipinski definition) is 3. The second kappa shape index (κ2) is 14.5. The molecular weight excluding hydrogens is 450 g/mol. The van der Waals surface area contributed by atoms with Crippen LogP contribution in [0.25, 0.3) is 0 Å². The molecule has 0 bridgehead atoms. The average molecular weight is 492 g/mol. The van der Waals surface area contributed by atoms with Crippen LogP contribution in [0.15, 0.2) is 0 Å². The molecule has 0 aromatic carbocycles. The summed E-state index contributed by atoms with van der Waals surface area (Å²) in [4.78, 5) is 12.1. The van der Waals surface area contributed by atoms with Crippen LogP contribution in [0.4, 0.5) is 0 Å². The predicted octanol–water partition coefficient (Wildman–Crippen LogP) is 0.425. The van der Waals surface area contributed by atoms with E-state index in [0.717, 1.165) is 19.5 Å². The molecule has 0 radical (unpaired) electrons. The first-order valence-corrected chi connectivity index (χ1v) is 12.9. The number of amides is 1. The van der Waals surface area contributed by atoms with Crippen LogP contribution in [-0.4, -0.2) is 110 Å². The first-order chi connectivity index (χ1) is 14.2. The highest BCUT2D eigenvalue weighted by molar-refractivity contribution is 7.80. The molecule has 0 aliphatic carbocycles. The molecule has 3 atom stereocenters. The number of hydrogen-bond acceptors (Lipinski definition) is 6. The number of carbonyl (C=O) groups is 1. The van der Waals surface area contributed by atoms with E-state index in [1.165, 1.54) is 0 Å². The lowest BCUT2D eigenvalue weighted by Crippen LogP contribution is -2.56. The van der Waals surface area contributed by atoms with E-state index in [1.54, 1.807) is 0 Å². The first-order valence-electron chi connectivity index (χ1n) is 10.5. The Hall–Kier alpha value is -0.670. The minimum absolute atomic E-state index is 0.0306. The van der Waals surface area contributed by atoms with Gasteiger partial charge >= 0.3 is 21.8 Å². The third kappa shape index (κ3) is 16.6. The highest BCUT2D eigenvalue weighted by Gasteiger charge is 2.27. The van der Waals surface area contributed by atoms with E-state index in [-0.39, 0.29) is 25.0 Å². The van der Waals surface area contributed by atoms with E-state index in [1.807, 2.05) is 27.9 Å². The number of nitrogens with one attached hydrogen (secondary N) is 1. The van der Waals surface area contributed by atoms with Crippen molar-refractivity contribution < 1.29 is 43.9 Å². The zero-order valence-electron chi connectivity index (χ0n) is 19.4. The third-order valence-corrected chi connectivity index (χ3v) is 6.26. The third-order valence-electron chi connectivity index (χ3n) is 5.42. The van der Waals surface area contributed by atoms with Crippen LogP contribution in [0.1, 0.15) is 33.1 Å². The van der Waals surface area contributed by atoms with Gasteiger partial charge in [-0.1, -0.05) is 13.8 Å². The Balaban J connectivity index is 4.74. The van der Waals surface area contributed by atoms with Gasteiger partial charge in [0, 0.05) is 18.8 Å². The van der Waals surface area contributed by atoms with Crippen molar-refractivity contribution in [2.75, 3.05) is 73.6 Å². The van der Waals surface area contributed by atoms with Gasteiger partial charge in [0.25, 0.3) is 0 Å². The van der Waals surface area contributed by atoms with Crippen LogP contribution in [0, 0.1) is 5.92 Å². The number of rotatable bonds is 18. The monoisotopic (exact) mass is 491 g/mol. The second-order valence-electron chi connectivity index (χ2n) is 8.77. The van der Waals surface area contributed by atoms with Gasteiger partial charge in [0.1, 0.15) is 13.1 Å². The van der Waals surface area contributed by atoms with Crippen molar-refractivity contribution in [1.29, 1.82) is 0 Å². The number of carbonyl (C=O) groups excluding carboxylic acids is 1. The van der Waals surface area contributed by atoms with Crippen molar-refractivity contribution in [3.8, 4) is 0 Å². The standard InChI is InChI=1S/C18H39N3O8S2/c1-6-17(2)18(22)19-9-12-21(5,11-8-15-28-30(23)24)14-13-20(3,4)10-7-16-29-31(25,26)27/h17H,6-16H2,1-5H3,(H-2,19,22,23,24,25,26,27)/p+2. The quantitative estimate of drug-likeness (QED) is 0.109. The first kappa shape index (κ1) is 30.3. The second-order valence-corrected chi connectivity index (χ2v) is 10.5. The maximum absolute atomic E-state index is 12.1. The summed E-state index contributed by atoms with van der Waals surface area (Å²) in [5.74, 6) is -0.00440. The molecule has 3 N–H and O–H groups in total. The molecule has 0 heterocycles. The summed E-state index contributed by atoms with van der Waals surface area (Å²) in [5, 5.41) is 2.97. The molecule has 0 aliphatic rings. The zero-order valence-corrected chi connectivity index (χ0v) is 21.0. The number of likely N-dealkylation sites (N-methyl/N-ethyl adjacent to an activating group) is 2. The van der Waals surface area contributed by atoms with E-state index in [2.05, 4.69) is 16.5 Å². The van der Waals surface area contributed by atoms with E-state index >= 15 is 0 Å². The maximum Gasteiger partial charge on any atom is 0.397 e. The Bertz CT molecular complexity index is 660. The van der Waals surface area contributed by atoms with Crippen LogP contribution in [0.2, 0.25) is 0 Å². The van der Waals surface area contributed by atoms with E-state index in [4.69, 9.17) is 13.3 Å². The summed E-state index contributed by atoms with van der Waals surface area (Å²) in [6, 6.07) is 0. The number of nitrogens with zero attached hydrogens (tertiary/aromatic N) is 2. The highest BCUT2D eigenvalue weighted by Crippen LogP contribution is 2.09. The molecule has 0 aromatic rings. The minimum atomic E-state index is -4.42. The molecule has 0 saturated carbocycles. The topological polar surface area (TPSA) is 139 Å². The molecule has 1 amide bonds. The normalized spacial score (nSPS) is 16.5. The molecular formula is C18H41N3O8S2+2. The molecule has 0 saturated heterocycles. The summed E-state index contributed by atoms with van der Waals surface area (Å²) in [7, 11) is 1.71. The highest BCUT2D eigenvalue weighted by atomic mass is 32.3. The van der Waals surface area contributed by atoms with E-state index in [0.29, 0.717) is 48.0 Å². The van der Waals surface area contributed by atoms with Gasteiger partial charge in [0.15, 0.2) is 0 Å². The number of quaternary nitrogens is 2. The average Bonchev–Trinajstić information content (AvgIpc) is 2.66. The minimum Gasteiger partial charge on any atom is -0.350 e. The summed E-state index contributed by atoms with van der Waals surface area (Å²) < 4.78 is 59.7. The van der Waals surface area contributed by atoms with Crippen molar-refractivity contribution >= 4 is 27.7 Å². The molecule has 31 heavy (non-hydrogen) atoms. The smallest absolute Gasteiger partial charge is 0.350 e. The molecule has 3 unspecified atom stereocenters. The van der Waals surface area contributed by atoms with Crippen LogP contribution in [0.3, 0.4) is 0 Å². The molecule has 0 rings (SSSR count). The molecule has 0 aromatic heterocycles. The SMILES string of the molecule is CCC(C)C(=O)NCC[N+](C)(CCCOS(=O)O)CC[N+](C)(C)CCCOS(=O)(=O)O. The van der Waals surface area contributed by atoms with Crippen molar-refractivity contribution in [2.24, 2.45) is 5.92 Å². The fraction of sp³-hybridized carbons (Fsp3) is 0.944. The van der Waals surface area contributed by atoms with Gasteiger partial charge in [-0.05, 0) is 6.42 Å². The lowest BCUT2D eigenvalue weighted by Gasteiger charge is -2.38. The van der Waals surface area contributed by atoms with Gasteiger partial charge in [-0.2, -0.15) is 12.6 Å². The van der Waals surface area contributed by atoms with Gasteiger partial charge in [0.05, 0.1) is 60.5 Å². The Labute approximate surface area is 189 Å². The lowest BCUT2D eigenvalue weighted by atomic mass is 10.1. The molecule has 0 fully saturated rings. The van der Waals surface area contributed by atoms with Crippen molar-refractivity contribution in [2.45, 2.75) is 33.1 Å². The van der Waals surface area contributed by atoms with Gasteiger partial charge in [-0.15, -0.1) is 0 Å². The van der Waals surface area contributed by atoms with Crippen molar-refractivity contribution in [3.05, 3.63) is 0 Å². The fourth-order valence-corrected chi connectivity index (χ4v) is 3.59. The Morgan fingerprint density at radius 3 is 2.23 bits per heavy atom. The summed E-state index contributed by atoms with van der Waals surface area (Å²) in [5.41, 5.74) is 0. The molecule has 186 valence electrons. The Kier molecular flexibility index (Phi) is 14.2. The van der Waals surface area contributed by atoms with Crippen LogP contribution in [-0.2, 0) is 34.9 Å². The predicted molar refractivity (Wildman–Crippen MR) is 119 cm³/mol. The summed E-state index contributed by atoms with van der Waals surface area (Å²) in [6.45, 7) is 8.12. The molecule has 11 nitrogen and oxygen atoms in total. The molecule has 13 heteroatoms. The molecule has 0 spiro atoms. The summed E-state index contributed by atoms with van der Waals surface area (Å²) in [6.07, 6.45) is 1.84. The van der Waals surface area contributed by atoms with Gasteiger partial charge in [-0.25, -0.2) is 4.18 Å². The molecule has 0 aliphatic heterocycles. The van der Waals surface area contributed by atoms with E-state index < -0.39 is 21.8 Å². The van der Waals surface area contributed by atoms with Gasteiger partial charge in [-0.3, -0.25) is 18.1 Å². The largest absolute Gasteiger partial charge is 0.397 e. The van der Waals surface area contributed by atoms with Crippen molar-refractivity contribution in [3.63, 3.8) is 0 Å². The summed E-state index contributed by atoms with van der Waals surface area (Å²) >= 11 is -2.28.